The molecule has 1 N–H and O–H groups in total. The first-order valence-corrected chi connectivity index (χ1v) is 8.32. The zero-order chi connectivity index (χ0) is 20.0. The van der Waals surface area contributed by atoms with Gasteiger partial charge in [0.1, 0.15) is 22.7 Å². The Morgan fingerprint density at radius 3 is 1.50 bits per heavy atom. The Hall–Kier alpha value is -2.28. The van der Waals surface area contributed by atoms with E-state index in [1.54, 1.807) is 53.7 Å². The second-order valence-electron chi connectivity index (χ2n) is 7.72. The molecule has 0 spiro atoms. The summed E-state index contributed by atoms with van der Waals surface area (Å²) in [4.78, 5) is 23.5. The van der Waals surface area contributed by atoms with E-state index in [4.69, 9.17) is 18.9 Å². The van der Waals surface area contributed by atoms with Crippen molar-refractivity contribution in [2.75, 3.05) is 13.2 Å². The highest BCUT2D eigenvalue weighted by Gasteiger charge is 2.18. The molecular weight excluding hydrogens is 340 g/mol. The summed E-state index contributed by atoms with van der Waals surface area (Å²) in [6.45, 7) is 9.78. The van der Waals surface area contributed by atoms with Gasteiger partial charge in [0.05, 0.1) is 6.61 Å². The zero-order valence-electron chi connectivity index (χ0n) is 16.3. The molecule has 0 aliphatic rings. The van der Waals surface area contributed by atoms with Gasteiger partial charge in [-0.3, -0.25) is 0 Å². The summed E-state index contributed by atoms with van der Waals surface area (Å²) in [7, 11) is 0. The van der Waals surface area contributed by atoms with E-state index in [1.165, 1.54) is 6.07 Å². The quantitative estimate of drug-likeness (QED) is 0.740. The third kappa shape index (κ3) is 9.27. The minimum Gasteiger partial charge on any atom is -0.482 e. The lowest BCUT2D eigenvalue weighted by atomic mass is 10.2. The molecule has 7 nitrogen and oxygen atoms in total. The van der Waals surface area contributed by atoms with Crippen molar-refractivity contribution in [2.24, 2.45) is 0 Å². The minimum atomic E-state index is -0.602. The van der Waals surface area contributed by atoms with Gasteiger partial charge in [0.25, 0.3) is 0 Å². The zero-order valence-corrected chi connectivity index (χ0v) is 16.3. The van der Waals surface area contributed by atoms with Gasteiger partial charge >= 0.3 is 11.9 Å². The highest BCUT2D eigenvalue weighted by atomic mass is 16.6. The van der Waals surface area contributed by atoms with Gasteiger partial charge in [-0.2, -0.15) is 0 Å². The van der Waals surface area contributed by atoms with E-state index in [0.717, 1.165) is 0 Å². The van der Waals surface area contributed by atoms with Gasteiger partial charge in [-0.15, -0.1) is 0 Å². The van der Waals surface area contributed by atoms with Crippen molar-refractivity contribution in [2.45, 2.75) is 59.4 Å². The van der Waals surface area contributed by atoms with Crippen molar-refractivity contribution in [3.8, 4) is 11.5 Å². The molecule has 0 fully saturated rings. The lowest BCUT2D eigenvalue weighted by Crippen LogP contribution is -2.27. The predicted octanol–water partition coefficient (Wildman–Crippen LogP) is 2.62. The van der Waals surface area contributed by atoms with Crippen molar-refractivity contribution in [3.63, 3.8) is 0 Å². The van der Waals surface area contributed by atoms with Crippen LogP contribution >= 0.6 is 0 Å². The summed E-state index contributed by atoms with van der Waals surface area (Å²) in [6, 6.07) is 4.67. The molecule has 26 heavy (non-hydrogen) atoms. The van der Waals surface area contributed by atoms with Gasteiger partial charge in [0.15, 0.2) is 13.2 Å². The van der Waals surface area contributed by atoms with Crippen LogP contribution in [0.5, 0.6) is 11.5 Å². The first-order chi connectivity index (χ1) is 11.9. The van der Waals surface area contributed by atoms with Gasteiger partial charge in [-0.25, -0.2) is 9.59 Å². The SMILES string of the molecule is CC(C)(C)OC(=O)COc1cc(CO)cc(OCC(=O)OC(C)(C)C)c1. The third-order valence-corrected chi connectivity index (χ3v) is 2.68. The number of hydrogen-bond donors (Lipinski definition) is 1. The Kier molecular flexibility index (Phi) is 7.44. The van der Waals surface area contributed by atoms with Crippen LogP contribution in [0.3, 0.4) is 0 Å². The van der Waals surface area contributed by atoms with Crippen LogP contribution in [0.4, 0.5) is 0 Å². The van der Waals surface area contributed by atoms with Crippen molar-refractivity contribution in [1.82, 2.24) is 0 Å². The van der Waals surface area contributed by atoms with Crippen LogP contribution < -0.4 is 9.47 Å². The third-order valence-electron chi connectivity index (χ3n) is 2.68. The van der Waals surface area contributed by atoms with Crippen LogP contribution in [0.1, 0.15) is 47.1 Å². The molecule has 1 aromatic rings. The molecule has 0 bridgehead atoms. The Labute approximate surface area is 154 Å². The average molecular weight is 368 g/mol. The maximum absolute atomic E-state index is 11.7. The number of rotatable bonds is 7. The summed E-state index contributed by atoms with van der Waals surface area (Å²) in [6.07, 6.45) is 0. The lowest BCUT2D eigenvalue weighted by molar-refractivity contribution is -0.158. The van der Waals surface area contributed by atoms with E-state index in [0.29, 0.717) is 17.1 Å². The number of ether oxygens (including phenoxy) is 4. The Balaban J connectivity index is 2.70. The second kappa shape index (κ2) is 8.89. The first-order valence-electron chi connectivity index (χ1n) is 8.32. The minimum absolute atomic E-state index is 0.244. The molecule has 1 aromatic carbocycles. The van der Waals surface area contributed by atoms with Crippen LogP contribution in [0, 0.1) is 0 Å². The highest BCUT2D eigenvalue weighted by Crippen LogP contribution is 2.23. The molecule has 0 unspecified atom stereocenters. The van der Waals surface area contributed by atoms with Gasteiger partial charge < -0.3 is 24.1 Å². The van der Waals surface area contributed by atoms with Crippen molar-refractivity contribution >= 4 is 11.9 Å². The normalized spacial score (nSPS) is 11.7. The lowest BCUT2D eigenvalue weighted by Gasteiger charge is -2.20. The number of carbonyl (C=O) groups excluding carboxylic acids is 2. The Morgan fingerprint density at radius 1 is 0.808 bits per heavy atom. The van der Waals surface area contributed by atoms with E-state index in [-0.39, 0.29) is 19.8 Å². The first kappa shape index (κ1) is 21.8. The van der Waals surface area contributed by atoms with Crippen molar-refractivity contribution in [3.05, 3.63) is 23.8 Å². The molecular formula is C19H28O7. The number of benzene rings is 1. The topological polar surface area (TPSA) is 91.3 Å². The van der Waals surface area contributed by atoms with E-state index < -0.39 is 23.1 Å². The smallest absolute Gasteiger partial charge is 0.344 e. The number of hydrogen-bond acceptors (Lipinski definition) is 7. The van der Waals surface area contributed by atoms with Gasteiger partial charge in [0.2, 0.25) is 0 Å². The van der Waals surface area contributed by atoms with Gasteiger partial charge in [0, 0.05) is 6.07 Å². The Morgan fingerprint density at radius 2 is 1.19 bits per heavy atom. The largest absolute Gasteiger partial charge is 0.482 e. The average Bonchev–Trinajstić information content (AvgIpc) is 2.47. The van der Waals surface area contributed by atoms with Crippen LogP contribution in [0.25, 0.3) is 0 Å². The van der Waals surface area contributed by atoms with Crippen LogP contribution in [-0.2, 0) is 25.7 Å². The molecule has 7 heteroatoms. The molecule has 146 valence electrons. The summed E-state index contributed by atoms with van der Waals surface area (Å²) >= 11 is 0. The molecule has 0 aliphatic carbocycles. The van der Waals surface area contributed by atoms with E-state index in [9.17, 15) is 14.7 Å². The molecule has 0 saturated heterocycles. The summed E-state index contributed by atoms with van der Waals surface area (Å²) < 4.78 is 21.1. The van der Waals surface area contributed by atoms with Crippen LogP contribution in [0.2, 0.25) is 0 Å². The second-order valence-corrected chi connectivity index (χ2v) is 7.72. The van der Waals surface area contributed by atoms with Crippen molar-refractivity contribution < 1.29 is 33.6 Å². The van der Waals surface area contributed by atoms with E-state index >= 15 is 0 Å². The summed E-state index contributed by atoms with van der Waals surface area (Å²) in [5, 5.41) is 9.35. The molecule has 0 radical (unpaired) electrons. The van der Waals surface area contributed by atoms with Crippen LogP contribution in [0.15, 0.2) is 18.2 Å². The molecule has 0 amide bonds. The predicted molar refractivity (Wildman–Crippen MR) is 95.0 cm³/mol. The van der Waals surface area contributed by atoms with E-state index in [1.807, 2.05) is 0 Å². The Bertz CT molecular complexity index is 574. The monoisotopic (exact) mass is 368 g/mol. The highest BCUT2D eigenvalue weighted by molar-refractivity contribution is 5.72. The molecule has 0 atom stereocenters. The van der Waals surface area contributed by atoms with E-state index in [2.05, 4.69) is 0 Å². The number of carbonyl (C=O) groups is 2. The molecule has 0 heterocycles. The van der Waals surface area contributed by atoms with Crippen molar-refractivity contribution in [1.29, 1.82) is 0 Å². The fourth-order valence-corrected chi connectivity index (χ4v) is 1.92. The number of esters is 2. The van der Waals surface area contributed by atoms with Crippen LogP contribution in [-0.4, -0.2) is 41.5 Å². The molecule has 0 aromatic heterocycles. The summed E-state index contributed by atoms with van der Waals surface area (Å²) in [5.74, 6) is -0.380. The summed E-state index contributed by atoms with van der Waals surface area (Å²) in [5.41, 5.74) is -0.685. The fraction of sp³-hybridized carbons (Fsp3) is 0.579. The maximum atomic E-state index is 11.7. The fourth-order valence-electron chi connectivity index (χ4n) is 1.92. The van der Waals surface area contributed by atoms with Gasteiger partial charge in [-0.05, 0) is 59.2 Å². The molecule has 0 saturated carbocycles. The molecule has 1 rings (SSSR count). The number of aliphatic hydroxyl groups is 1. The molecule has 0 aliphatic heterocycles. The van der Waals surface area contributed by atoms with Gasteiger partial charge in [-0.1, -0.05) is 0 Å². The number of aliphatic hydroxyl groups excluding tert-OH is 1. The maximum Gasteiger partial charge on any atom is 0.344 e. The standard InChI is InChI=1S/C19H28O7/c1-18(2,3)25-16(21)11-23-14-7-13(10-20)8-15(9-14)24-12-17(22)26-19(4,5)6/h7-9,20H,10-12H2,1-6H3.